The lowest BCUT2D eigenvalue weighted by Gasteiger charge is -2.35. The van der Waals surface area contributed by atoms with Crippen LogP contribution in [0.3, 0.4) is 0 Å². The summed E-state index contributed by atoms with van der Waals surface area (Å²) in [5, 5.41) is 6.87. The maximum absolute atomic E-state index is 12.9. The number of pyridine rings is 1. The summed E-state index contributed by atoms with van der Waals surface area (Å²) < 4.78 is 46.0. The third-order valence-electron chi connectivity index (χ3n) is 5.98. The summed E-state index contributed by atoms with van der Waals surface area (Å²) in [6, 6.07) is 0.975. The molecule has 0 radical (unpaired) electrons. The summed E-state index contributed by atoms with van der Waals surface area (Å²) in [5.41, 5.74) is -0.608. The van der Waals surface area contributed by atoms with Crippen LogP contribution >= 0.6 is 0 Å². The molecule has 172 valence electrons. The number of aromatic nitrogens is 3. The molecule has 1 N–H and O–H groups in total. The molecule has 2 aliphatic heterocycles. The van der Waals surface area contributed by atoms with Gasteiger partial charge in [0.25, 0.3) is 0 Å². The molecule has 1 fully saturated rings. The van der Waals surface area contributed by atoms with Crippen molar-refractivity contribution < 1.29 is 27.5 Å². The summed E-state index contributed by atoms with van der Waals surface area (Å²) in [4.78, 5) is 31.7. The van der Waals surface area contributed by atoms with Crippen molar-refractivity contribution in [2.24, 2.45) is 0 Å². The van der Waals surface area contributed by atoms with Gasteiger partial charge in [-0.15, -0.1) is 0 Å². The van der Waals surface area contributed by atoms with Gasteiger partial charge in [-0.25, -0.2) is 9.59 Å². The minimum Gasteiger partial charge on any atom is -0.441 e. The number of amides is 3. The van der Waals surface area contributed by atoms with Gasteiger partial charge in [0.1, 0.15) is 11.3 Å². The fourth-order valence-corrected chi connectivity index (χ4v) is 3.85. The molecule has 9 nitrogen and oxygen atoms in total. The molecular formula is C20H23F3N6O3. The van der Waals surface area contributed by atoms with Gasteiger partial charge >= 0.3 is 18.3 Å². The summed E-state index contributed by atoms with van der Waals surface area (Å²) in [5.74, 6) is 0. The molecule has 0 aliphatic carbocycles. The van der Waals surface area contributed by atoms with Crippen LogP contribution in [0.5, 0.6) is 0 Å². The molecule has 4 rings (SSSR count). The predicted molar refractivity (Wildman–Crippen MR) is 108 cm³/mol. The second kappa shape index (κ2) is 7.38. The van der Waals surface area contributed by atoms with Crippen LogP contribution in [0.2, 0.25) is 0 Å². The number of nitrogens with zero attached hydrogens (tertiary/aromatic N) is 5. The average molecular weight is 452 g/mol. The number of carbonyl (C=O) groups excluding carboxylic acids is 2. The van der Waals surface area contributed by atoms with Crippen LogP contribution in [0.1, 0.15) is 39.1 Å². The van der Waals surface area contributed by atoms with Gasteiger partial charge in [0, 0.05) is 11.9 Å². The smallest absolute Gasteiger partial charge is 0.433 e. The topological polar surface area (TPSA) is 92.6 Å². The maximum Gasteiger partial charge on any atom is 0.433 e. The quantitative estimate of drug-likeness (QED) is 0.747. The average Bonchev–Trinajstić information content (AvgIpc) is 3.17. The summed E-state index contributed by atoms with van der Waals surface area (Å²) in [7, 11) is 0. The van der Waals surface area contributed by atoms with Crippen LogP contribution in [-0.4, -0.2) is 49.5 Å². The zero-order chi connectivity index (χ0) is 23.4. The Balaban J connectivity index is 1.57. The van der Waals surface area contributed by atoms with Crippen LogP contribution in [0.15, 0.2) is 24.5 Å². The third-order valence-corrected chi connectivity index (χ3v) is 5.98. The van der Waals surface area contributed by atoms with Crippen molar-refractivity contribution >= 4 is 23.5 Å². The number of anilines is 2. The Kier molecular flexibility index (Phi) is 5.05. The Hall–Kier alpha value is -3.31. The first-order chi connectivity index (χ1) is 14.9. The first-order valence-electron chi connectivity index (χ1n) is 10.1. The number of rotatable bonds is 2. The molecule has 0 bridgehead atoms. The van der Waals surface area contributed by atoms with Crippen molar-refractivity contribution in [1.82, 2.24) is 19.7 Å². The summed E-state index contributed by atoms with van der Waals surface area (Å²) in [6.45, 7) is 7.80. The lowest BCUT2D eigenvalue weighted by atomic mass is 10.0. The summed E-state index contributed by atoms with van der Waals surface area (Å²) >= 11 is 0. The third kappa shape index (κ3) is 3.73. The first kappa shape index (κ1) is 21.9. The van der Waals surface area contributed by atoms with Crippen molar-refractivity contribution in [1.29, 1.82) is 0 Å². The maximum atomic E-state index is 12.9. The molecule has 2 aromatic heterocycles. The molecule has 4 heterocycles. The molecule has 0 spiro atoms. The van der Waals surface area contributed by atoms with Crippen LogP contribution in [0.25, 0.3) is 0 Å². The molecule has 0 saturated carbocycles. The lowest BCUT2D eigenvalue weighted by molar-refractivity contribution is -0.141. The monoisotopic (exact) mass is 452 g/mol. The van der Waals surface area contributed by atoms with E-state index in [-0.39, 0.29) is 24.3 Å². The Labute approximate surface area is 182 Å². The van der Waals surface area contributed by atoms with Crippen molar-refractivity contribution in [3.05, 3.63) is 35.9 Å². The van der Waals surface area contributed by atoms with Crippen LogP contribution in [-0.2, 0) is 24.0 Å². The molecule has 0 aromatic carbocycles. The standard InChI is InChI=1S/C20H23F3N6O3/c1-11-9-28-15(14(8-25-28)29-12(2)19(3,4)32-18(29)31)10-27(11)17(30)26-13-5-6-24-16(7-13)20(21,22)23/h5-8,11-12H,9-10H2,1-4H3,(H,24,26,30)/t11-,12-/m0/s1. The fraction of sp³-hybridized carbons (Fsp3) is 0.500. The minimum atomic E-state index is -4.62. The summed E-state index contributed by atoms with van der Waals surface area (Å²) in [6.07, 6.45) is -2.55. The number of alkyl halides is 3. The minimum absolute atomic E-state index is 0.0117. The van der Waals surface area contributed by atoms with E-state index in [2.05, 4.69) is 15.4 Å². The van der Waals surface area contributed by atoms with Crippen LogP contribution < -0.4 is 10.2 Å². The predicted octanol–water partition coefficient (Wildman–Crippen LogP) is 3.86. The highest BCUT2D eigenvalue weighted by molar-refractivity contribution is 5.92. The highest BCUT2D eigenvalue weighted by atomic mass is 19.4. The SMILES string of the molecule is C[C@@H]1N(c2cnn3c2CN(C(=O)Nc2ccnc(C(F)(F)F)c2)[C@@H](C)C3)C(=O)OC1(C)C. The van der Waals surface area contributed by atoms with Gasteiger partial charge in [0.2, 0.25) is 0 Å². The number of hydrogen-bond donors (Lipinski definition) is 1. The van der Waals surface area contributed by atoms with Gasteiger partial charge in [0.15, 0.2) is 0 Å². The fourth-order valence-electron chi connectivity index (χ4n) is 3.85. The zero-order valence-electron chi connectivity index (χ0n) is 18.0. The zero-order valence-corrected chi connectivity index (χ0v) is 18.0. The number of cyclic esters (lactones) is 1. The molecule has 32 heavy (non-hydrogen) atoms. The normalized spacial score (nSPS) is 22.5. The molecule has 2 aliphatic rings. The van der Waals surface area contributed by atoms with E-state index in [4.69, 9.17) is 4.74 Å². The molecule has 1 saturated heterocycles. The van der Waals surface area contributed by atoms with E-state index >= 15 is 0 Å². The number of urea groups is 1. The van der Waals surface area contributed by atoms with Crippen molar-refractivity contribution in [3.63, 3.8) is 0 Å². The van der Waals surface area contributed by atoms with Crippen molar-refractivity contribution in [3.8, 4) is 0 Å². The molecule has 2 atom stereocenters. The van der Waals surface area contributed by atoms with Crippen LogP contribution in [0, 0.1) is 0 Å². The van der Waals surface area contributed by atoms with Gasteiger partial charge in [-0.05, 0) is 39.8 Å². The van der Waals surface area contributed by atoms with Gasteiger partial charge in [-0.2, -0.15) is 18.3 Å². The molecule has 12 heteroatoms. The largest absolute Gasteiger partial charge is 0.441 e. The molecule has 3 amide bonds. The number of hydrogen-bond acceptors (Lipinski definition) is 5. The van der Waals surface area contributed by atoms with E-state index in [1.54, 1.807) is 10.9 Å². The van der Waals surface area contributed by atoms with Crippen molar-refractivity contribution in [2.45, 2.75) is 64.6 Å². The van der Waals surface area contributed by atoms with Crippen LogP contribution in [0.4, 0.5) is 34.1 Å². The highest BCUT2D eigenvalue weighted by Gasteiger charge is 2.47. The van der Waals surface area contributed by atoms with E-state index in [0.29, 0.717) is 17.9 Å². The van der Waals surface area contributed by atoms with E-state index in [9.17, 15) is 22.8 Å². The van der Waals surface area contributed by atoms with Gasteiger partial charge in [-0.3, -0.25) is 14.6 Å². The Bertz CT molecular complexity index is 1070. The molecule has 2 aromatic rings. The molecule has 0 unspecified atom stereocenters. The number of halogens is 3. The molecular weight excluding hydrogens is 429 g/mol. The number of nitrogens with one attached hydrogen (secondary N) is 1. The van der Waals surface area contributed by atoms with Crippen molar-refractivity contribution in [2.75, 3.05) is 10.2 Å². The van der Waals surface area contributed by atoms with Gasteiger partial charge < -0.3 is 15.0 Å². The number of carbonyl (C=O) groups is 2. The second-order valence-electron chi connectivity index (χ2n) is 8.51. The number of ether oxygens (including phenoxy) is 1. The second-order valence-corrected chi connectivity index (χ2v) is 8.51. The lowest BCUT2D eigenvalue weighted by Crippen LogP contribution is -2.47. The Morgan fingerprint density at radius 1 is 1.31 bits per heavy atom. The Morgan fingerprint density at radius 2 is 2.03 bits per heavy atom. The van der Waals surface area contributed by atoms with Gasteiger partial charge in [0.05, 0.1) is 42.8 Å². The number of fused-ring (bicyclic) bond motifs is 1. The van der Waals surface area contributed by atoms with E-state index in [1.165, 1.54) is 15.9 Å². The van der Waals surface area contributed by atoms with E-state index in [1.807, 2.05) is 27.7 Å². The van der Waals surface area contributed by atoms with Gasteiger partial charge in [-0.1, -0.05) is 0 Å². The highest BCUT2D eigenvalue weighted by Crippen LogP contribution is 2.37. The van der Waals surface area contributed by atoms with E-state index in [0.717, 1.165) is 12.3 Å². The first-order valence-corrected chi connectivity index (χ1v) is 10.1. The van der Waals surface area contributed by atoms with E-state index < -0.39 is 29.6 Å². The Morgan fingerprint density at radius 3 is 2.66 bits per heavy atom.